The van der Waals surface area contributed by atoms with Crippen LogP contribution in [-0.2, 0) is 28.5 Å². The molecule has 2 rings (SSSR count). The second-order valence-electron chi connectivity index (χ2n) is 11.3. The molecule has 0 saturated carbocycles. The first-order valence-corrected chi connectivity index (χ1v) is 12.9. The molecular weight excluding hydrogens is 452 g/mol. The molecule has 2 fully saturated rings. The van der Waals surface area contributed by atoms with Gasteiger partial charge >= 0.3 is 5.97 Å². The molecule has 3 unspecified atom stereocenters. The van der Waals surface area contributed by atoms with Crippen LogP contribution in [-0.4, -0.2) is 104 Å². The van der Waals surface area contributed by atoms with Crippen molar-refractivity contribution < 1.29 is 33.6 Å². The topological polar surface area (TPSA) is 97.8 Å². The molecule has 2 saturated heterocycles. The third-order valence-electron chi connectivity index (χ3n) is 7.64. The van der Waals surface area contributed by atoms with E-state index in [-0.39, 0.29) is 23.8 Å². The van der Waals surface area contributed by atoms with Crippen molar-refractivity contribution in [3.8, 4) is 0 Å². The number of methoxy groups -OCH3 is 1. The van der Waals surface area contributed by atoms with E-state index in [9.17, 15) is 14.7 Å². The lowest BCUT2D eigenvalue weighted by atomic mass is 9.77. The van der Waals surface area contributed by atoms with Crippen LogP contribution in [0.5, 0.6) is 0 Å². The molecule has 7 atom stereocenters. The first-order valence-electron chi connectivity index (χ1n) is 12.9. The number of ether oxygens (including phenoxy) is 4. The molecule has 0 aromatic rings. The van der Waals surface area contributed by atoms with Gasteiger partial charge in [-0.1, -0.05) is 13.8 Å². The fourth-order valence-corrected chi connectivity index (χ4v) is 5.19. The lowest BCUT2D eigenvalue weighted by Gasteiger charge is -2.42. The molecule has 204 valence electrons. The fraction of sp³-hybridized carbons (Fsp3) is 0.923. The summed E-state index contributed by atoms with van der Waals surface area (Å²) in [7, 11) is 5.49. The molecule has 2 aliphatic heterocycles. The highest BCUT2D eigenvalue weighted by Gasteiger charge is 2.45. The molecule has 1 N–H and O–H groups in total. The monoisotopic (exact) mass is 500 g/mol. The van der Waals surface area contributed by atoms with E-state index in [0.29, 0.717) is 19.4 Å². The van der Waals surface area contributed by atoms with Gasteiger partial charge in [0.25, 0.3) is 0 Å². The van der Waals surface area contributed by atoms with Gasteiger partial charge in [-0.05, 0) is 80.6 Å². The first-order chi connectivity index (χ1) is 16.2. The number of carbonyl (C=O) groups excluding carboxylic acids is 2. The van der Waals surface area contributed by atoms with Gasteiger partial charge in [0, 0.05) is 19.1 Å². The number of nitrogens with zero attached hydrogens (tertiary/aromatic N) is 2. The minimum atomic E-state index is -1.35. The van der Waals surface area contributed by atoms with Crippen LogP contribution in [0.1, 0.15) is 67.2 Å². The van der Waals surface area contributed by atoms with Gasteiger partial charge < -0.3 is 29.0 Å². The number of aliphatic hydroxyl groups excluding tert-OH is 1. The van der Waals surface area contributed by atoms with Gasteiger partial charge in [0.2, 0.25) is 6.29 Å². The summed E-state index contributed by atoms with van der Waals surface area (Å²) in [6.45, 7) is 12.8. The number of aliphatic hydroxyl groups is 1. The smallest absolute Gasteiger partial charge is 0.321 e. The van der Waals surface area contributed by atoms with E-state index >= 15 is 0 Å². The van der Waals surface area contributed by atoms with Crippen LogP contribution in [0.15, 0.2) is 0 Å². The SMILES string of the molecule is CCN1CCCC(C)(OC)CC(C)C(=O)C(C)(C)C(=O)OC(O[C@@H]2O[C@H](C)C[C@H](N(C)C)[C@H]2O)C1. The van der Waals surface area contributed by atoms with Gasteiger partial charge in [0.1, 0.15) is 11.5 Å². The molecule has 0 radical (unpaired) electrons. The molecular formula is C26H48N2O7. The lowest BCUT2D eigenvalue weighted by molar-refractivity contribution is -0.304. The van der Waals surface area contributed by atoms with Crippen molar-refractivity contribution in [1.82, 2.24) is 9.80 Å². The number of hydrogen-bond acceptors (Lipinski definition) is 9. The van der Waals surface area contributed by atoms with E-state index in [1.165, 1.54) is 0 Å². The molecule has 0 spiro atoms. The Labute approximate surface area is 211 Å². The zero-order valence-corrected chi connectivity index (χ0v) is 23.2. The average molecular weight is 501 g/mol. The van der Waals surface area contributed by atoms with Crippen molar-refractivity contribution in [2.75, 3.05) is 40.8 Å². The normalized spacial score (nSPS) is 38.4. The highest BCUT2D eigenvalue weighted by Crippen LogP contribution is 2.33. The van der Waals surface area contributed by atoms with E-state index in [4.69, 9.17) is 18.9 Å². The van der Waals surface area contributed by atoms with Crippen molar-refractivity contribution >= 4 is 11.8 Å². The van der Waals surface area contributed by atoms with Gasteiger partial charge in [0.15, 0.2) is 12.1 Å². The molecule has 2 heterocycles. The van der Waals surface area contributed by atoms with Gasteiger partial charge in [0.05, 0.1) is 18.2 Å². The van der Waals surface area contributed by atoms with E-state index < -0.39 is 35.7 Å². The molecule has 9 heteroatoms. The molecule has 0 bridgehead atoms. The fourth-order valence-electron chi connectivity index (χ4n) is 5.19. The Bertz CT molecular complexity index is 716. The van der Waals surface area contributed by atoms with Crippen molar-refractivity contribution in [3.63, 3.8) is 0 Å². The van der Waals surface area contributed by atoms with Crippen LogP contribution < -0.4 is 0 Å². The summed E-state index contributed by atoms with van der Waals surface area (Å²) >= 11 is 0. The molecule has 9 nitrogen and oxygen atoms in total. The number of cyclic esters (lactones) is 1. The molecule has 0 aliphatic carbocycles. The maximum atomic E-state index is 13.3. The van der Waals surface area contributed by atoms with Crippen LogP contribution in [0, 0.1) is 11.3 Å². The number of hydrogen-bond donors (Lipinski definition) is 1. The Hall–Kier alpha value is -1.10. The Morgan fingerprint density at radius 3 is 2.43 bits per heavy atom. The minimum Gasteiger partial charge on any atom is -0.433 e. The van der Waals surface area contributed by atoms with E-state index in [1.807, 2.05) is 46.7 Å². The molecule has 2 aliphatic rings. The summed E-state index contributed by atoms with van der Waals surface area (Å²) in [5, 5.41) is 10.9. The maximum absolute atomic E-state index is 13.3. The lowest BCUT2D eigenvalue weighted by Crippen LogP contribution is -2.56. The molecule has 0 aromatic carbocycles. The zero-order chi connectivity index (χ0) is 26.6. The van der Waals surface area contributed by atoms with Crippen molar-refractivity contribution in [1.29, 1.82) is 0 Å². The summed E-state index contributed by atoms with van der Waals surface area (Å²) in [5.41, 5.74) is -1.82. The van der Waals surface area contributed by atoms with Crippen LogP contribution in [0.4, 0.5) is 0 Å². The predicted molar refractivity (Wildman–Crippen MR) is 133 cm³/mol. The Balaban J connectivity index is 2.32. The van der Waals surface area contributed by atoms with Crippen molar-refractivity contribution in [2.45, 2.75) is 104 Å². The number of rotatable bonds is 5. The minimum absolute atomic E-state index is 0.130. The maximum Gasteiger partial charge on any atom is 0.321 e. The van der Waals surface area contributed by atoms with Crippen molar-refractivity contribution in [3.05, 3.63) is 0 Å². The number of carbonyl (C=O) groups is 2. The number of Topliss-reactive ketones (excluding diaryl/α,β-unsaturated/α-hetero) is 1. The Morgan fingerprint density at radius 1 is 1.20 bits per heavy atom. The standard InChI is InChI=1S/C26H48N2O7/c1-10-28-13-11-12-26(6,32-9)15-17(2)22(30)25(4,5)24(31)35-20(16-28)34-23-21(29)19(27(7)8)14-18(3)33-23/h17-21,23,29H,10-16H2,1-9H3/t17?,18-,19+,20?,21-,23+,26?/m1/s1. The average Bonchev–Trinajstić information content (AvgIpc) is 2.79. The summed E-state index contributed by atoms with van der Waals surface area (Å²) in [6, 6.07) is -0.151. The largest absolute Gasteiger partial charge is 0.433 e. The predicted octanol–water partition coefficient (Wildman–Crippen LogP) is 2.44. The third-order valence-corrected chi connectivity index (χ3v) is 7.64. The Morgan fingerprint density at radius 2 is 1.86 bits per heavy atom. The second-order valence-corrected chi connectivity index (χ2v) is 11.3. The summed E-state index contributed by atoms with van der Waals surface area (Å²) in [6.07, 6.45) is -0.157. The first kappa shape index (κ1) is 30.1. The summed E-state index contributed by atoms with van der Waals surface area (Å²) in [5.74, 6) is -1.21. The second kappa shape index (κ2) is 12.4. The van der Waals surface area contributed by atoms with E-state index in [2.05, 4.69) is 4.90 Å². The van der Waals surface area contributed by atoms with Crippen LogP contribution in [0.2, 0.25) is 0 Å². The number of esters is 1. The number of likely N-dealkylation sites (N-methyl/N-ethyl adjacent to an activating group) is 2. The van der Waals surface area contributed by atoms with E-state index in [0.717, 1.165) is 25.9 Å². The molecule has 35 heavy (non-hydrogen) atoms. The van der Waals surface area contributed by atoms with Gasteiger partial charge in [-0.3, -0.25) is 14.5 Å². The van der Waals surface area contributed by atoms with Crippen LogP contribution in [0.3, 0.4) is 0 Å². The molecule has 0 aromatic heterocycles. The van der Waals surface area contributed by atoms with E-state index in [1.54, 1.807) is 21.0 Å². The number of ketones is 1. The van der Waals surface area contributed by atoms with Crippen molar-refractivity contribution in [2.24, 2.45) is 11.3 Å². The quantitative estimate of drug-likeness (QED) is 0.451. The van der Waals surface area contributed by atoms with Gasteiger partial charge in [-0.2, -0.15) is 0 Å². The molecule has 0 amide bonds. The van der Waals surface area contributed by atoms with Gasteiger partial charge in [-0.15, -0.1) is 0 Å². The van der Waals surface area contributed by atoms with Crippen LogP contribution >= 0.6 is 0 Å². The van der Waals surface area contributed by atoms with Gasteiger partial charge in [-0.25, -0.2) is 0 Å². The highest BCUT2D eigenvalue weighted by atomic mass is 16.8. The third kappa shape index (κ3) is 7.69. The summed E-state index contributed by atoms with van der Waals surface area (Å²) < 4.78 is 23.7. The summed E-state index contributed by atoms with van der Waals surface area (Å²) in [4.78, 5) is 30.7. The highest BCUT2D eigenvalue weighted by molar-refractivity contribution is 6.03. The zero-order valence-electron chi connectivity index (χ0n) is 23.2. The van der Waals surface area contributed by atoms with Crippen LogP contribution in [0.25, 0.3) is 0 Å². The Kier molecular flexibility index (Phi) is 10.7.